The van der Waals surface area contributed by atoms with Gasteiger partial charge in [-0.05, 0) is 12.5 Å². The van der Waals surface area contributed by atoms with Gasteiger partial charge in [-0.3, -0.25) is 9.89 Å². The molecule has 0 amide bonds. The highest BCUT2D eigenvalue weighted by Crippen LogP contribution is 2.26. The van der Waals surface area contributed by atoms with Crippen molar-refractivity contribution in [2.45, 2.75) is 18.0 Å². The van der Waals surface area contributed by atoms with Gasteiger partial charge in [0.1, 0.15) is 0 Å². The summed E-state index contributed by atoms with van der Waals surface area (Å²) in [6.07, 6.45) is 0.785. The van der Waals surface area contributed by atoms with Crippen molar-refractivity contribution in [3.05, 3.63) is 28.7 Å². The molecule has 0 saturated carbocycles. The minimum atomic E-state index is -0.774. The Labute approximate surface area is 123 Å². The van der Waals surface area contributed by atoms with E-state index in [0.29, 0.717) is 23.2 Å². The van der Waals surface area contributed by atoms with Gasteiger partial charge in [-0.15, -0.1) is 5.10 Å². The van der Waals surface area contributed by atoms with Crippen LogP contribution in [-0.4, -0.2) is 32.0 Å². The summed E-state index contributed by atoms with van der Waals surface area (Å²) in [4.78, 5) is 14.8. The van der Waals surface area contributed by atoms with E-state index in [4.69, 9.17) is 5.11 Å². The first kappa shape index (κ1) is 14.1. The smallest absolute Gasteiger partial charge is 0.303 e. The number of nitrogens with zero attached hydrogens (tertiary/aromatic N) is 2. The van der Waals surface area contributed by atoms with Crippen LogP contribution in [0.4, 0.5) is 0 Å². The van der Waals surface area contributed by atoms with Crippen LogP contribution in [0.5, 0.6) is 0 Å². The lowest BCUT2D eigenvalue weighted by Crippen LogP contribution is -1.94. The molecule has 1 aromatic carbocycles. The second kappa shape index (κ2) is 6.72. The zero-order valence-corrected chi connectivity index (χ0v) is 12.4. The SMILES string of the molecule is O=C(O)CCCSc1n[nH]c(-c2ccccc2Br)n1. The summed E-state index contributed by atoms with van der Waals surface area (Å²) in [5, 5.41) is 16.2. The first-order chi connectivity index (χ1) is 9.16. The van der Waals surface area contributed by atoms with Crippen molar-refractivity contribution in [2.75, 3.05) is 5.75 Å². The number of H-pyrrole nitrogens is 1. The molecule has 0 fully saturated rings. The van der Waals surface area contributed by atoms with Gasteiger partial charge in [0.15, 0.2) is 5.82 Å². The van der Waals surface area contributed by atoms with E-state index in [1.165, 1.54) is 11.8 Å². The normalized spacial score (nSPS) is 10.6. The van der Waals surface area contributed by atoms with Crippen molar-refractivity contribution < 1.29 is 9.90 Å². The van der Waals surface area contributed by atoms with E-state index in [-0.39, 0.29) is 6.42 Å². The van der Waals surface area contributed by atoms with Crippen molar-refractivity contribution in [1.82, 2.24) is 15.2 Å². The molecule has 19 heavy (non-hydrogen) atoms. The van der Waals surface area contributed by atoms with Crippen LogP contribution in [0.2, 0.25) is 0 Å². The molecule has 0 atom stereocenters. The Morgan fingerprint density at radius 3 is 2.95 bits per heavy atom. The molecule has 0 aliphatic heterocycles. The quantitative estimate of drug-likeness (QED) is 0.623. The highest BCUT2D eigenvalue weighted by molar-refractivity contribution is 9.10. The summed E-state index contributed by atoms with van der Waals surface area (Å²) >= 11 is 4.91. The standard InChI is InChI=1S/C12H12BrN3O2S/c13-9-5-2-1-4-8(9)11-14-12(16-15-11)19-7-3-6-10(17)18/h1-2,4-5H,3,6-7H2,(H,17,18)(H,14,15,16). The molecule has 0 saturated heterocycles. The van der Waals surface area contributed by atoms with Gasteiger partial charge in [0.05, 0.1) is 0 Å². The summed E-state index contributed by atoms with van der Waals surface area (Å²) < 4.78 is 0.952. The molecule has 100 valence electrons. The van der Waals surface area contributed by atoms with E-state index in [1.54, 1.807) is 0 Å². The number of hydrogen-bond donors (Lipinski definition) is 2. The molecule has 2 aromatic rings. The van der Waals surface area contributed by atoms with Crippen LogP contribution in [0.15, 0.2) is 33.9 Å². The number of carboxylic acid groups (broad SMARTS) is 1. The van der Waals surface area contributed by atoms with Crippen molar-refractivity contribution in [3.63, 3.8) is 0 Å². The average Bonchev–Trinajstić information content (AvgIpc) is 2.83. The largest absolute Gasteiger partial charge is 0.481 e. The second-order valence-electron chi connectivity index (χ2n) is 3.79. The summed E-state index contributed by atoms with van der Waals surface area (Å²) in [6, 6.07) is 7.76. The number of carboxylic acids is 1. The maximum Gasteiger partial charge on any atom is 0.303 e. The lowest BCUT2D eigenvalue weighted by Gasteiger charge is -1.98. The van der Waals surface area contributed by atoms with Crippen LogP contribution in [0, 0.1) is 0 Å². The topological polar surface area (TPSA) is 78.9 Å². The Balaban J connectivity index is 1.96. The monoisotopic (exact) mass is 341 g/mol. The lowest BCUT2D eigenvalue weighted by atomic mass is 10.2. The van der Waals surface area contributed by atoms with E-state index < -0.39 is 5.97 Å². The van der Waals surface area contributed by atoms with Gasteiger partial charge < -0.3 is 5.11 Å². The summed E-state index contributed by atoms with van der Waals surface area (Å²) in [6.45, 7) is 0. The fraction of sp³-hybridized carbons (Fsp3) is 0.250. The minimum Gasteiger partial charge on any atom is -0.481 e. The molecule has 5 nitrogen and oxygen atoms in total. The van der Waals surface area contributed by atoms with Crippen LogP contribution < -0.4 is 0 Å². The first-order valence-electron chi connectivity index (χ1n) is 5.68. The van der Waals surface area contributed by atoms with Crippen molar-refractivity contribution in [1.29, 1.82) is 0 Å². The molecule has 0 aliphatic carbocycles. The van der Waals surface area contributed by atoms with E-state index in [0.717, 1.165) is 10.0 Å². The minimum absolute atomic E-state index is 0.175. The predicted molar refractivity (Wildman–Crippen MR) is 77.1 cm³/mol. The fourth-order valence-corrected chi connectivity index (χ4v) is 2.68. The van der Waals surface area contributed by atoms with Crippen LogP contribution in [0.3, 0.4) is 0 Å². The molecule has 0 radical (unpaired) electrons. The van der Waals surface area contributed by atoms with Crippen LogP contribution in [0.25, 0.3) is 11.4 Å². The number of thioether (sulfide) groups is 1. The van der Waals surface area contributed by atoms with E-state index in [2.05, 4.69) is 31.1 Å². The molecule has 0 aliphatic rings. The summed E-state index contributed by atoms with van der Waals surface area (Å²) in [7, 11) is 0. The zero-order chi connectivity index (χ0) is 13.7. The van der Waals surface area contributed by atoms with Crippen LogP contribution >= 0.6 is 27.7 Å². The number of aliphatic carboxylic acids is 1. The highest BCUT2D eigenvalue weighted by Gasteiger charge is 2.08. The Kier molecular flexibility index (Phi) is 4.98. The lowest BCUT2D eigenvalue weighted by molar-refractivity contribution is -0.137. The molecule has 1 heterocycles. The predicted octanol–water partition coefficient (Wildman–Crippen LogP) is 3.19. The molecule has 0 bridgehead atoms. The molecule has 2 N–H and O–H groups in total. The van der Waals surface area contributed by atoms with Crippen molar-refractivity contribution in [2.24, 2.45) is 0 Å². The van der Waals surface area contributed by atoms with Crippen LogP contribution in [0.1, 0.15) is 12.8 Å². The molecule has 0 spiro atoms. The average molecular weight is 342 g/mol. The molecule has 7 heteroatoms. The molecular formula is C12H12BrN3O2S. The Morgan fingerprint density at radius 1 is 1.42 bits per heavy atom. The second-order valence-corrected chi connectivity index (χ2v) is 5.71. The third-order valence-corrected chi connectivity index (χ3v) is 3.99. The maximum atomic E-state index is 10.4. The van der Waals surface area contributed by atoms with Gasteiger partial charge in [0.25, 0.3) is 0 Å². The summed E-state index contributed by atoms with van der Waals surface area (Å²) in [5.74, 6) is 0.622. The number of aromatic nitrogens is 3. The number of nitrogens with one attached hydrogen (secondary N) is 1. The molecule has 1 aromatic heterocycles. The van der Waals surface area contributed by atoms with Crippen molar-refractivity contribution >= 4 is 33.7 Å². The van der Waals surface area contributed by atoms with Gasteiger partial charge >= 0.3 is 5.97 Å². The number of rotatable bonds is 6. The third kappa shape index (κ3) is 4.07. The van der Waals surface area contributed by atoms with E-state index in [9.17, 15) is 4.79 Å². The third-order valence-electron chi connectivity index (χ3n) is 2.36. The highest BCUT2D eigenvalue weighted by atomic mass is 79.9. The Hall–Kier alpha value is -1.34. The first-order valence-corrected chi connectivity index (χ1v) is 7.46. The van der Waals surface area contributed by atoms with Gasteiger partial charge in [0, 0.05) is 22.2 Å². The number of halogens is 1. The van der Waals surface area contributed by atoms with Gasteiger partial charge in [-0.2, -0.15) is 0 Å². The van der Waals surface area contributed by atoms with E-state index in [1.807, 2.05) is 24.3 Å². The Bertz CT molecular complexity index is 574. The van der Waals surface area contributed by atoms with Gasteiger partial charge in [0.2, 0.25) is 5.16 Å². The fourth-order valence-electron chi connectivity index (χ4n) is 1.47. The van der Waals surface area contributed by atoms with Gasteiger partial charge in [-0.1, -0.05) is 45.9 Å². The Morgan fingerprint density at radius 2 is 2.21 bits per heavy atom. The number of carbonyl (C=O) groups is 1. The van der Waals surface area contributed by atoms with Gasteiger partial charge in [-0.25, -0.2) is 4.98 Å². The zero-order valence-electron chi connectivity index (χ0n) is 9.97. The maximum absolute atomic E-state index is 10.4. The molecule has 2 rings (SSSR count). The van der Waals surface area contributed by atoms with E-state index >= 15 is 0 Å². The number of aromatic amines is 1. The molecular weight excluding hydrogens is 330 g/mol. The number of benzene rings is 1. The number of hydrogen-bond acceptors (Lipinski definition) is 4. The summed E-state index contributed by atoms with van der Waals surface area (Å²) in [5.41, 5.74) is 0.951. The van der Waals surface area contributed by atoms with Crippen molar-refractivity contribution in [3.8, 4) is 11.4 Å². The van der Waals surface area contributed by atoms with Crippen LogP contribution in [-0.2, 0) is 4.79 Å². The molecule has 0 unspecified atom stereocenters.